The molecular formula is C19H34ClN3O3S. The number of nitrogens with two attached hydrogens (primary N) is 1. The van der Waals surface area contributed by atoms with Crippen LogP contribution in [0, 0.1) is 5.41 Å². The fourth-order valence-corrected chi connectivity index (χ4v) is 4.48. The highest BCUT2D eigenvalue weighted by Gasteiger charge is 2.34. The van der Waals surface area contributed by atoms with Crippen molar-refractivity contribution < 1.29 is 13.2 Å². The maximum Gasteiger partial charge on any atom is 0.243 e. The monoisotopic (exact) mass is 419 g/mol. The van der Waals surface area contributed by atoms with E-state index in [1.807, 2.05) is 34.6 Å². The van der Waals surface area contributed by atoms with E-state index in [-0.39, 0.29) is 29.3 Å². The van der Waals surface area contributed by atoms with Gasteiger partial charge in [-0.3, -0.25) is 4.79 Å². The van der Waals surface area contributed by atoms with Gasteiger partial charge >= 0.3 is 0 Å². The molecule has 1 rings (SSSR count). The lowest BCUT2D eigenvalue weighted by molar-refractivity contribution is -0.131. The van der Waals surface area contributed by atoms with Crippen molar-refractivity contribution in [2.45, 2.75) is 58.4 Å². The first-order chi connectivity index (χ1) is 12.2. The normalized spacial score (nSPS) is 13.1. The summed E-state index contributed by atoms with van der Waals surface area (Å²) in [6, 6.07) is 6.48. The van der Waals surface area contributed by atoms with Gasteiger partial charge in [-0.2, -0.15) is 4.31 Å². The quantitative estimate of drug-likeness (QED) is 0.609. The zero-order valence-corrected chi connectivity index (χ0v) is 18.6. The second-order valence-corrected chi connectivity index (χ2v) is 8.48. The molecule has 1 aromatic rings. The van der Waals surface area contributed by atoms with Crippen molar-refractivity contribution in [1.29, 1.82) is 0 Å². The van der Waals surface area contributed by atoms with E-state index in [0.29, 0.717) is 32.5 Å². The number of nitrogens with one attached hydrogen (secondary N) is 1. The van der Waals surface area contributed by atoms with Crippen LogP contribution in [0.3, 0.4) is 0 Å². The van der Waals surface area contributed by atoms with Gasteiger partial charge in [0.2, 0.25) is 15.9 Å². The average molecular weight is 420 g/mol. The molecule has 1 amide bonds. The fraction of sp³-hybridized carbons (Fsp3) is 0.632. The van der Waals surface area contributed by atoms with Crippen molar-refractivity contribution in [3.05, 3.63) is 29.8 Å². The predicted molar refractivity (Wildman–Crippen MR) is 112 cm³/mol. The molecule has 0 fully saturated rings. The number of nitrogens with zero attached hydrogens (tertiary/aromatic N) is 1. The van der Waals surface area contributed by atoms with Crippen LogP contribution >= 0.6 is 12.4 Å². The van der Waals surface area contributed by atoms with Crippen LogP contribution in [0.5, 0.6) is 0 Å². The lowest BCUT2D eigenvalue weighted by Gasteiger charge is -2.30. The van der Waals surface area contributed by atoms with Gasteiger partial charge in [-0.05, 0) is 37.5 Å². The number of carbonyl (C=O) groups excluding carboxylic acids is 1. The summed E-state index contributed by atoms with van der Waals surface area (Å²) in [6.07, 6.45) is 1.36. The van der Waals surface area contributed by atoms with Crippen LogP contribution in [-0.2, 0) is 14.8 Å². The highest BCUT2D eigenvalue weighted by molar-refractivity contribution is 7.89. The van der Waals surface area contributed by atoms with Crippen LogP contribution in [0.1, 0.15) is 59.1 Å². The van der Waals surface area contributed by atoms with Gasteiger partial charge < -0.3 is 11.1 Å². The molecule has 8 heteroatoms. The van der Waals surface area contributed by atoms with Crippen LogP contribution in [0.2, 0.25) is 0 Å². The SMILES string of the molecule is CCN(CC)S(=O)(=O)c1ccc(C(C)NC(=O)C(CC)(CC)CN)cc1.Cl. The third-order valence-corrected chi connectivity index (χ3v) is 7.36. The summed E-state index contributed by atoms with van der Waals surface area (Å²) in [5.74, 6) is -0.0580. The second kappa shape index (κ2) is 11.0. The highest BCUT2D eigenvalue weighted by Crippen LogP contribution is 2.27. The number of hydrogen-bond donors (Lipinski definition) is 2. The number of hydrogen-bond acceptors (Lipinski definition) is 4. The molecule has 0 aromatic heterocycles. The molecule has 0 saturated carbocycles. The van der Waals surface area contributed by atoms with Crippen molar-refractivity contribution in [3.63, 3.8) is 0 Å². The van der Waals surface area contributed by atoms with Gasteiger partial charge in [0.1, 0.15) is 0 Å². The van der Waals surface area contributed by atoms with Gasteiger partial charge in [0, 0.05) is 19.6 Å². The Morgan fingerprint density at radius 1 is 1.11 bits per heavy atom. The summed E-state index contributed by atoms with van der Waals surface area (Å²) in [4.78, 5) is 12.9. The number of amides is 1. The van der Waals surface area contributed by atoms with Crippen LogP contribution in [0.4, 0.5) is 0 Å². The zero-order chi connectivity index (χ0) is 20.0. The molecule has 156 valence electrons. The minimum atomic E-state index is -3.47. The molecule has 6 nitrogen and oxygen atoms in total. The van der Waals surface area contributed by atoms with E-state index >= 15 is 0 Å². The molecule has 1 aromatic carbocycles. The molecule has 0 radical (unpaired) electrons. The summed E-state index contributed by atoms with van der Waals surface area (Å²) in [6.45, 7) is 10.6. The summed E-state index contributed by atoms with van der Waals surface area (Å²) in [5.41, 5.74) is 6.14. The van der Waals surface area contributed by atoms with Crippen molar-refractivity contribution >= 4 is 28.3 Å². The zero-order valence-electron chi connectivity index (χ0n) is 17.0. The lowest BCUT2D eigenvalue weighted by atomic mass is 9.81. The van der Waals surface area contributed by atoms with E-state index in [1.165, 1.54) is 4.31 Å². The largest absolute Gasteiger partial charge is 0.349 e. The summed E-state index contributed by atoms with van der Waals surface area (Å²) in [5, 5.41) is 3.01. The van der Waals surface area contributed by atoms with E-state index in [0.717, 1.165) is 5.56 Å². The molecule has 0 spiro atoms. The molecule has 1 unspecified atom stereocenters. The Hall–Kier alpha value is -1.15. The standard InChI is InChI=1S/C19H33N3O3S.ClH/c1-6-19(7-2,14-20)18(23)21-15(5)16-10-12-17(13-11-16)26(24,25)22(8-3)9-4;/h10-13,15H,6-9,14,20H2,1-5H3,(H,21,23);1H. The van der Waals surface area contributed by atoms with E-state index in [1.54, 1.807) is 24.3 Å². The van der Waals surface area contributed by atoms with Gasteiger partial charge in [-0.25, -0.2) is 8.42 Å². The number of rotatable bonds is 10. The number of benzene rings is 1. The topological polar surface area (TPSA) is 92.5 Å². The fourth-order valence-electron chi connectivity index (χ4n) is 3.03. The summed E-state index contributed by atoms with van der Waals surface area (Å²) >= 11 is 0. The molecule has 0 aliphatic heterocycles. The summed E-state index contributed by atoms with van der Waals surface area (Å²) in [7, 11) is -3.47. The molecule has 3 N–H and O–H groups in total. The molecule has 0 saturated heterocycles. The molecular weight excluding hydrogens is 386 g/mol. The highest BCUT2D eigenvalue weighted by atomic mass is 35.5. The first-order valence-corrected chi connectivity index (χ1v) is 10.8. The Labute approximate surface area is 170 Å². The van der Waals surface area contributed by atoms with Gasteiger partial charge in [-0.15, -0.1) is 12.4 Å². The Morgan fingerprint density at radius 2 is 1.59 bits per heavy atom. The lowest BCUT2D eigenvalue weighted by Crippen LogP contribution is -2.46. The molecule has 0 aliphatic carbocycles. The van der Waals surface area contributed by atoms with Gasteiger partial charge in [0.25, 0.3) is 0 Å². The minimum Gasteiger partial charge on any atom is -0.349 e. The first-order valence-electron chi connectivity index (χ1n) is 9.33. The van der Waals surface area contributed by atoms with E-state index in [4.69, 9.17) is 5.73 Å². The Morgan fingerprint density at radius 3 is 1.96 bits per heavy atom. The van der Waals surface area contributed by atoms with Crippen molar-refractivity contribution in [1.82, 2.24) is 9.62 Å². The van der Waals surface area contributed by atoms with E-state index < -0.39 is 15.4 Å². The van der Waals surface area contributed by atoms with Gasteiger partial charge in [-0.1, -0.05) is 39.8 Å². The third kappa shape index (κ3) is 5.67. The van der Waals surface area contributed by atoms with E-state index in [9.17, 15) is 13.2 Å². The van der Waals surface area contributed by atoms with Crippen LogP contribution in [0.15, 0.2) is 29.2 Å². The van der Waals surface area contributed by atoms with Crippen molar-refractivity contribution in [2.75, 3.05) is 19.6 Å². The minimum absolute atomic E-state index is 0. The number of carbonyl (C=O) groups is 1. The van der Waals surface area contributed by atoms with Crippen LogP contribution < -0.4 is 11.1 Å². The Kier molecular flexibility index (Phi) is 10.5. The average Bonchev–Trinajstić information content (AvgIpc) is 2.64. The predicted octanol–water partition coefficient (Wildman–Crippen LogP) is 3.08. The van der Waals surface area contributed by atoms with Crippen LogP contribution in [-0.4, -0.2) is 38.3 Å². The number of halogens is 1. The smallest absolute Gasteiger partial charge is 0.243 e. The molecule has 27 heavy (non-hydrogen) atoms. The maximum atomic E-state index is 12.6. The van der Waals surface area contributed by atoms with Gasteiger partial charge in [0.05, 0.1) is 16.4 Å². The molecule has 0 bridgehead atoms. The van der Waals surface area contributed by atoms with Crippen molar-refractivity contribution in [3.8, 4) is 0 Å². The van der Waals surface area contributed by atoms with Crippen LogP contribution in [0.25, 0.3) is 0 Å². The van der Waals surface area contributed by atoms with Crippen molar-refractivity contribution in [2.24, 2.45) is 11.1 Å². The molecule has 0 aliphatic rings. The molecule has 0 heterocycles. The van der Waals surface area contributed by atoms with E-state index in [2.05, 4.69) is 5.32 Å². The Bertz CT molecular complexity index is 676. The second-order valence-electron chi connectivity index (χ2n) is 6.55. The van der Waals surface area contributed by atoms with Gasteiger partial charge in [0.15, 0.2) is 0 Å². The third-order valence-electron chi connectivity index (χ3n) is 5.30. The maximum absolute atomic E-state index is 12.6. The molecule has 1 atom stereocenters. The number of sulfonamides is 1. The summed E-state index contributed by atoms with van der Waals surface area (Å²) < 4.78 is 26.5. The Balaban J connectivity index is 0.00000676. The first kappa shape index (κ1) is 25.9.